The molecule has 0 rings (SSSR count). The molecule has 0 aromatic carbocycles. The van der Waals surface area contributed by atoms with Gasteiger partial charge in [-0.2, -0.15) is 0 Å². The van der Waals surface area contributed by atoms with Crippen molar-refractivity contribution in [2.75, 3.05) is 0 Å². The van der Waals surface area contributed by atoms with E-state index in [4.69, 9.17) is 10.2 Å². The van der Waals surface area contributed by atoms with Crippen molar-refractivity contribution >= 4 is 0 Å². The predicted octanol–water partition coefficient (Wildman–Crippen LogP) is 11.4. The van der Waals surface area contributed by atoms with Crippen LogP contribution in [-0.4, -0.2) is 16.5 Å². The summed E-state index contributed by atoms with van der Waals surface area (Å²) >= 11 is 0. The lowest BCUT2D eigenvalue weighted by molar-refractivity contribution is -0.0466. The van der Waals surface area contributed by atoms with Gasteiger partial charge in [0.2, 0.25) is 0 Å². The maximum Gasteiger partial charge on any atom is 0.151 e. The molecule has 0 saturated heterocycles. The second kappa shape index (κ2) is 31.9. The highest BCUT2D eigenvalue weighted by Crippen LogP contribution is 2.16. The Hall–Kier alpha value is -0.0800. The van der Waals surface area contributed by atoms with Crippen LogP contribution in [0.5, 0.6) is 0 Å². The maximum absolute atomic E-state index is 8.81. The van der Waals surface area contributed by atoms with Gasteiger partial charge in [-0.25, -0.2) is 0 Å². The minimum absolute atomic E-state index is 0.541. The van der Waals surface area contributed by atoms with Crippen molar-refractivity contribution in [2.45, 2.75) is 212 Å². The zero-order valence-corrected chi connectivity index (χ0v) is 24.4. The molecule has 0 aliphatic carbocycles. The summed E-state index contributed by atoms with van der Waals surface area (Å²) < 4.78 is 0. The molecule has 0 fully saturated rings. The van der Waals surface area contributed by atoms with E-state index >= 15 is 0 Å². The van der Waals surface area contributed by atoms with Crippen LogP contribution in [0.25, 0.3) is 0 Å². The Morgan fingerprint density at radius 1 is 0.286 bits per heavy atom. The highest BCUT2D eigenvalue weighted by atomic mass is 16.5. The molecule has 0 aromatic rings. The van der Waals surface area contributed by atoms with Crippen LogP contribution in [0.1, 0.15) is 206 Å². The van der Waals surface area contributed by atoms with E-state index in [1.165, 1.54) is 180 Å². The molecule has 0 aromatic heterocycles. The Labute approximate surface area is 222 Å². The van der Waals surface area contributed by atoms with Gasteiger partial charge in [0.15, 0.2) is 6.29 Å². The van der Waals surface area contributed by atoms with Crippen molar-refractivity contribution in [3.63, 3.8) is 0 Å². The van der Waals surface area contributed by atoms with E-state index in [1.54, 1.807) is 0 Å². The molecule has 0 unspecified atom stereocenters. The lowest BCUT2D eigenvalue weighted by Crippen LogP contribution is -2.02. The first-order chi connectivity index (χ1) is 17.3. The summed E-state index contributed by atoms with van der Waals surface area (Å²) in [6.45, 7) is 2.30. The Balaban J connectivity index is 3.01. The molecule has 0 atom stereocenters. The summed E-state index contributed by atoms with van der Waals surface area (Å²) in [5.74, 6) is 0. The second-order valence-electron chi connectivity index (χ2n) is 11.5. The van der Waals surface area contributed by atoms with Gasteiger partial charge >= 0.3 is 0 Å². The first-order valence-electron chi connectivity index (χ1n) is 16.6. The molecule has 0 saturated carbocycles. The van der Waals surface area contributed by atoms with Gasteiger partial charge in [0, 0.05) is 0 Å². The molecule has 0 aliphatic rings. The smallest absolute Gasteiger partial charge is 0.151 e. The zero-order valence-electron chi connectivity index (χ0n) is 24.4. The molecule has 0 radical (unpaired) electrons. The van der Waals surface area contributed by atoms with Crippen molar-refractivity contribution in [1.82, 2.24) is 0 Å². The molecule has 2 nitrogen and oxygen atoms in total. The normalized spacial score (nSPS) is 11.7. The lowest BCUT2D eigenvalue weighted by atomic mass is 10.0. The van der Waals surface area contributed by atoms with Crippen molar-refractivity contribution in [3.05, 3.63) is 0 Å². The van der Waals surface area contributed by atoms with Gasteiger partial charge in [0.1, 0.15) is 0 Å². The number of rotatable bonds is 31. The van der Waals surface area contributed by atoms with Gasteiger partial charge in [0.25, 0.3) is 0 Å². The third-order valence-electron chi connectivity index (χ3n) is 7.82. The molecule has 2 heteroatoms. The van der Waals surface area contributed by atoms with Crippen LogP contribution in [-0.2, 0) is 0 Å². The van der Waals surface area contributed by atoms with Gasteiger partial charge in [-0.1, -0.05) is 193 Å². The summed E-state index contributed by atoms with van der Waals surface area (Å²) in [5, 5.41) is 17.6. The van der Waals surface area contributed by atoms with Crippen LogP contribution in [0.4, 0.5) is 0 Å². The molecule has 212 valence electrons. The van der Waals surface area contributed by atoms with Crippen molar-refractivity contribution in [1.29, 1.82) is 0 Å². The third kappa shape index (κ3) is 33.9. The minimum atomic E-state index is -1.10. The molecule has 0 amide bonds. The van der Waals surface area contributed by atoms with Crippen LogP contribution < -0.4 is 0 Å². The van der Waals surface area contributed by atoms with Gasteiger partial charge in [-0.3, -0.25) is 0 Å². The highest BCUT2D eigenvalue weighted by Gasteiger charge is 1.98. The van der Waals surface area contributed by atoms with Gasteiger partial charge in [0.05, 0.1) is 0 Å². The Bertz CT molecular complexity index is 355. The predicted molar refractivity (Wildman–Crippen MR) is 157 cm³/mol. The summed E-state index contributed by atoms with van der Waals surface area (Å²) in [7, 11) is 0. The van der Waals surface area contributed by atoms with E-state index in [-0.39, 0.29) is 0 Å². The van der Waals surface area contributed by atoms with Crippen LogP contribution in [0.15, 0.2) is 0 Å². The number of hydrogen-bond acceptors (Lipinski definition) is 2. The number of unbranched alkanes of at least 4 members (excludes halogenated alkanes) is 29. The maximum atomic E-state index is 8.81. The summed E-state index contributed by atoms with van der Waals surface area (Å²) in [6, 6.07) is 0. The fourth-order valence-electron chi connectivity index (χ4n) is 5.35. The second-order valence-corrected chi connectivity index (χ2v) is 11.5. The third-order valence-corrected chi connectivity index (χ3v) is 7.82. The van der Waals surface area contributed by atoms with E-state index in [0.717, 1.165) is 12.8 Å². The number of aliphatic hydroxyl groups is 2. The van der Waals surface area contributed by atoms with Gasteiger partial charge < -0.3 is 10.2 Å². The fraction of sp³-hybridized carbons (Fsp3) is 1.00. The van der Waals surface area contributed by atoms with Crippen molar-refractivity contribution in [2.24, 2.45) is 0 Å². The van der Waals surface area contributed by atoms with E-state index in [1.807, 2.05) is 0 Å². The lowest BCUT2D eigenvalue weighted by Gasteiger charge is -2.05. The summed E-state index contributed by atoms with van der Waals surface area (Å²) in [5.41, 5.74) is 0. The topological polar surface area (TPSA) is 40.5 Å². The minimum Gasteiger partial charge on any atom is -0.368 e. The zero-order chi connectivity index (χ0) is 25.5. The van der Waals surface area contributed by atoms with E-state index in [0.29, 0.717) is 6.42 Å². The van der Waals surface area contributed by atoms with E-state index < -0.39 is 6.29 Å². The fourth-order valence-corrected chi connectivity index (χ4v) is 5.35. The highest BCUT2D eigenvalue weighted by molar-refractivity contribution is 4.52. The average Bonchev–Trinajstić information content (AvgIpc) is 2.85. The standard InChI is InChI=1S/C33H68O2/c1-2-3-4-5-6-7-8-9-10-11-12-13-14-15-16-17-18-19-20-21-22-23-24-25-26-27-28-29-30-31-32-33(34)35/h33-35H,2-32H2,1H3. The largest absolute Gasteiger partial charge is 0.368 e. The van der Waals surface area contributed by atoms with Gasteiger partial charge in [-0.05, 0) is 12.8 Å². The van der Waals surface area contributed by atoms with Crippen LogP contribution >= 0.6 is 0 Å². The Morgan fingerprint density at radius 3 is 0.629 bits per heavy atom. The van der Waals surface area contributed by atoms with Crippen molar-refractivity contribution < 1.29 is 10.2 Å². The molecule has 0 heterocycles. The molecular formula is C33H68O2. The number of aliphatic hydroxyl groups excluding tert-OH is 1. The molecule has 35 heavy (non-hydrogen) atoms. The van der Waals surface area contributed by atoms with Crippen molar-refractivity contribution in [3.8, 4) is 0 Å². The molecule has 0 aliphatic heterocycles. The quantitative estimate of drug-likeness (QED) is 0.0739. The molecule has 2 N–H and O–H groups in total. The van der Waals surface area contributed by atoms with E-state index in [2.05, 4.69) is 6.92 Å². The molecule has 0 spiro atoms. The monoisotopic (exact) mass is 497 g/mol. The Kier molecular flexibility index (Phi) is 31.9. The van der Waals surface area contributed by atoms with Crippen LogP contribution in [0.3, 0.4) is 0 Å². The summed E-state index contributed by atoms with van der Waals surface area (Å²) in [6.07, 6.45) is 41.9. The van der Waals surface area contributed by atoms with Crippen LogP contribution in [0, 0.1) is 0 Å². The van der Waals surface area contributed by atoms with E-state index in [9.17, 15) is 0 Å². The Morgan fingerprint density at radius 2 is 0.457 bits per heavy atom. The van der Waals surface area contributed by atoms with Gasteiger partial charge in [-0.15, -0.1) is 0 Å². The number of hydrogen-bond donors (Lipinski definition) is 2. The molecular weight excluding hydrogens is 428 g/mol. The summed E-state index contributed by atoms with van der Waals surface area (Å²) in [4.78, 5) is 0. The van der Waals surface area contributed by atoms with Crippen LogP contribution in [0.2, 0.25) is 0 Å². The molecule has 0 bridgehead atoms. The first-order valence-corrected chi connectivity index (χ1v) is 16.6. The average molecular weight is 497 g/mol. The first kappa shape index (κ1) is 34.9. The SMILES string of the molecule is CCCCCCCCCCCCCCCCCCCCCCCCCCCCCCCCC(O)O.